The van der Waals surface area contributed by atoms with E-state index in [0.717, 1.165) is 4.90 Å². The smallest absolute Gasteiger partial charge is 0.252 e. The molecule has 108 valence electrons. The number of imide groups is 1. The highest BCUT2D eigenvalue weighted by Gasteiger charge is 2.38. The van der Waals surface area contributed by atoms with E-state index >= 15 is 0 Å². The molecule has 0 aromatic carbocycles. The summed E-state index contributed by atoms with van der Waals surface area (Å²) in [4.78, 5) is 36.2. The van der Waals surface area contributed by atoms with Gasteiger partial charge in [0, 0.05) is 13.6 Å². The summed E-state index contributed by atoms with van der Waals surface area (Å²) >= 11 is 0. The molecule has 2 unspecified atom stereocenters. The molecule has 1 rings (SSSR count). The third-order valence-corrected chi connectivity index (χ3v) is 3.21. The number of nitrogens with one attached hydrogen (secondary N) is 1. The van der Waals surface area contributed by atoms with Gasteiger partial charge in [-0.2, -0.15) is 0 Å². The fourth-order valence-corrected chi connectivity index (χ4v) is 2.18. The Morgan fingerprint density at radius 2 is 2.05 bits per heavy atom. The number of likely N-dealkylation sites (N-methyl/N-ethyl adjacent to an activating group) is 1. The van der Waals surface area contributed by atoms with Crippen molar-refractivity contribution < 1.29 is 14.4 Å². The molecular weight excluding hydrogens is 246 g/mol. The van der Waals surface area contributed by atoms with Crippen LogP contribution in [0.2, 0.25) is 0 Å². The normalized spacial score (nSPS) is 21.7. The van der Waals surface area contributed by atoms with Crippen LogP contribution in [0.3, 0.4) is 0 Å². The molecule has 1 aliphatic heterocycles. The van der Waals surface area contributed by atoms with Crippen molar-refractivity contribution in [2.24, 2.45) is 17.1 Å². The maximum Gasteiger partial charge on any atom is 0.252 e. The Morgan fingerprint density at radius 1 is 1.47 bits per heavy atom. The van der Waals surface area contributed by atoms with Crippen LogP contribution in [0.5, 0.6) is 0 Å². The Balaban J connectivity index is 2.63. The summed E-state index contributed by atoms with van der Waals surface area (Å²) in [5.74, 6) is -1.21. The molecule has 6 heteroatoms. The summed E-state index contributed by atoms with van der Waals surface area (Å²) < 4.78 is 0. The van der Waals surface area contributed by atoms with Gasteiger partial charge in [0.25, 0.3) is 5.91 Å². The summed E-state index contributed by atoms with van der Waals surface area (Å²) in [6.07, 6.45) is 0.675. The van der Waals surface area contributed by atoms with Gasteiger partial charge in [0.1, 0.15) is 6.04 Å². The van der Waals surface area contributed by atoms with E-state index in [1.165, 1.54) is 7.05 Å². The van der Waals surface area contributed by atoms with E-state index in [9.17, 15) is 14.4 Å². The van der Waals surface area contributed by atoms with Crippen LogP contribution in [0, 0.1) is 11.3 Å². The van der Waals surface area contributed by atoms with E-state index in [0.29, 0.717) is 6.42 Å². The van der Waals surface area contributed by atoms with Crippen molar-refractivity contribution in [2.45, 2.75) is 39.7 Å². The van der Waals surface area contributed by atoms with Crippen LogP contribution in [0.15, 0.2) is 0 Å². The van der Waals surface area contributed by atoms with Crippen LogP contribution in [-0.4, -0.2) is 42.3 Å². The molecule has 1 saturated heterocycles. The number of rotatable bonds is 4. The Bertz CT molecular complexity index is 387. The second kappa shape index (κ2) is 5.69. The molecule has 3 amide bonds. The van der Waals surface area contributed by atoms with Gasteiger partial charge in [-0.15, -0.1) is 0 Å². The van der Waals surface area contributed by atoms with Crippen LogP contribution in [0.25, 0.3) is 0 Å². The Hall–Kier alpha value is -1.43. The predicted octanol–water partition coefficient (Wildman–Crippen LogP) is -0.129. The van der Waals surface area contributed by atoms with E-state index < -0.39 is 6.04 Å². The molecule has 1 fully saturated rings. The fourth-order valence-electron chi connectivity index (χ4n) is 2.18. The Morgan fingerprint density at radius 3 is 2.42 bits per heavy atom. The summed E-state index contributed by atoms with van der Waals surface area (Å²) in [5, 5.41) is 2.63. The van der Waals surface area contributed by atoms with Gasteiger partial charge in [0.2, 0.25) is 11.8 Å². The second-order valence-corrected chi connectivity index (χ2v) is 6.25. The van der Waals surface area contributed by atoms with Crippen molar-refractivity contribution in [1.82, 2.24) is 10.2 Å². The highest BCUT2D eigenvalue weighted by molar-refractivity contribution is 6.06. The van der Waals surface area contributed by atoms with Gasteiger partial charge in [0.05, 0.1) is 12.3 Å². The highest BCUT2D eigenvalue weighted by Crippen LogP contribution is 2.24. The molecule has 1 heterocycles. The van der Waals surface area contributed by atoms with Gasteiger partial charge in [-0.1, -0.05) is 20.8 Å². The van der Waals surface area contributed by atoms with Gasteiger partial charge in [-0.3, -0.25) is 19.3 Å². The quantitative estimate of drug-likeness (QED) is 0.695. The first-order valence-corrected chi connectivity index (χ1v) is 6.46. The predicted molar refractivity (Wildman–Crippen MR) is 70.9 cm³/mol. The van der Waals surface area contributed by atoms with Gasteiger partial charge < -0.3 is 11.1 Å². The first kappa shape index (κ1) is 15.6. The monoisotopic (exact) mass is 269 g/mol. The number of carbonyl (C=O) groups excluding carboxylic acids is 3. The van der Waals surface area contributed by atoms with Gasteiger partial charge in [0.15, 0.2) is 0 Å². The van der Waals surface area contributed by atoms with Crippen LogP contribution in [-0.2, 0) is 14.4 Å². The number of hydrogen-bond acceptors (Lipinski definition) is 4. The molecule has 3 N–H and O–H groups in total. The second-order valence-electron chi connectivity index (χ2n) is 6.25. The van der Waals surface area contributed by atoms with Crippen molar-refractivity contribution in [1.29, 1.82) is 0 Å². The topological polar surface area (TPSA) is 92.5 Å². The summed E-state index contributed by atoms with van der Waals surface area (Å²) in [5.41, 5.74) is 5.60. The number of hydrogen-bond donors (Lipinski definition) is 2. The van der Waals surface area contributed by atoms with Crippen LogP contribution < -0.4 is 11.1 Å². The summed E-state index contributed by atoms with van der Waals surface area (Å²) in [7, 11) is 1.42. The molecule has 6 nitrogen and oxygen atoms in total. The fraction of sp³-hybridized carbons (Fsp3) is 0.769. The third-order valence-electron chi connectivity index (χ3n) is 3.21. The largest absolute Gasteiger partial charge is 0.343 e. The lowest BCUT2D eigenvalue weighted by Crippen LogP contribution is -2.45. The number of nitrogens with zero attached hydrogens (tertiary/aromatic N) is 1. The molecule has 0 saturated carbocycles. The molecule has 0 bridgehead atoms. The SMILES string of the molecule is CN1C(=O)CC(NC(=O)C(CN)CC(C)(C)C)C1=O. The minimum Gasteiger partial charge on any atom is -0.343 e. The molecule has 0 aromatic rings. The minimum absolute atomic E-state index is 0.0202. The molecule has 1 aliphatic rings. The zero-order valence-corrected chi connectivity index (χ0v) is 12.0. The maximum atomic E-state index is 12.1. The zero-order valence-electron chi connectivity index (χ0n) is 12.0. The summed E-state index contributed by atoms with van der Waals surface area (Å²) in [6, 6.07) is -0.737. The molecular formula is C13H23N3O3. The van der Waals surface area contributed by atoms with Crippen molar-refractivity contribution in [3.05, 3.63) is 0 Å². The van der Waals surface area contributed by atoms with E-state index in [2.05, 4.69) is 5.32 Å². The van der Waals surface area contributed by atoms with Crippen molar-refractivity contribution in [2.75, 3.05) is 13.6 Å². The van der Waals surface area contributed by atoms with Crippen molar-refractivity contribution in [3.8, 4) is 0 Å². The van der Waals surface area contributed by atoms with Gasteiger partial charge in [-0.05, 0) is 11.8 Å². The van der Waals surface area contributed by atoms with Gasteiger partial charge >= 0.3 is 0 Å². The molecule has 0 aliphatic carbocycles. The maximum absolute atomic E-state index is 12.1. The average molecular weight is 269 g/mol. The van der Waals surface area contributed by atoms with Crippen molar-refractivity contribution >= 4 is 17.7 Å². The number of amides is 3. The average Bonchev–Trinajstić information content (AvgIpc) is 2.52. The molecule has 0 spiro atoms. The third kappa shape index (κ3) is 4.02. The lowest BCUT2D eigenvalue weighted by atomic mass is 9.84. The number of likely N-dealkylation sites (tertiary alicyclic amines) is 1. The van der Waals surface area contributed by atoms with E-state index in [4.69, 9.17) is 5.73 Å². The Labute approximate surface area is 113 Å². The number of carbonyl (C=O) groups is 3. The van der Waals surface area contributed by atoms with Gasteiger partial charge in [-0.25, -0.2) is 0 Å². The van der Waals surface area contributed by atoms with Crippen LogP contribution >= 0.6 is 0 Å². The van der Waals surface area contributed by atoms with E-state index in [1.54, 1.807) is 0 Å². The minimum atomic E-state index is -0.737. The first-order chi connectivity index (χ1) is 8.65. The summed E-state index contributed by atoms with van der Waals surface area (Å²) in [6.45, 7) is 6.32. The van der Waals surface area contributed by atoms with Crippen molar-refractivity contribution in [3.63, 3.8) is 0 Å². The van der Waals surface area contributed by atoms with E-state index in [-0.39, 0.29) is 42.0 Å². The molecule has 2 atom stereocenters. The standard InChI is InChI=1S/C13H23N3O3/c1-13(2,3)6-8(7-14)11(18)15-9-5-10(17)16(4)12(9)19/h8-9H,5-7,14H2,1-4H3,(H,15,18). The Kier molecular flexibility index (Phi) is 4.68. The molecule has 0 aromatic heterocycles. The highest BCUT2D eigenvalue weighted by atomic mass is 16.2. The first-order valence-electron chi connectivity index (χ1n) is 6.46. The van der Waals surface area contributed by atoms with E-state index in [1.807, 2.05) is 20.8 Å². The number of nitrogens with two attached hydrogens (primary N) is 1. The molecule has 19 heavy (non-hydrogen) atoms. The molecule has 0 radical (unpaired) electrons. The lowest BCUT2D eigenvalue weighted by Gasteiger charge is -2.25. The zero-order chi connectivity index (χ0) is 14.8. The van der Waals surface area contributed by atoms with Crippen LogP contribution in [0.1, 0.15) is 33.6 Å². The lowest BCUT2D eigenvalue weighted by molar-refractivity contribution is -0.138. The van der Waals surface area contributed by atoms with Crippen LogP contribution in [0.4, 0.5) is 0 Å².